The van der Waals surface area contributed by atoms with Crippen LogP contribution in [0.4, 0.5) is 18.9 Å². The van der Waals surface area contributed by atoms with Crippen molar-refractivity contribution in [3.8, 4) is 0 Å². The average molecular weight is 325 g/mol. The molecule has 0 bridgehead atoms. The molecule has 0 saturated carbocycles. The fraction of sp³-hybridized carbons (Fsp3) is 0.438. The Morgan fingerprint density at radius 1 is 1.43 bits per heavy atom. The van der Waals surface area contributed by atoms with Crippen molar-refractivity contribution in [2.75, 3.05) is 18.9 Å². The smallest absolute Gasteiger partial charge is 0.361 e. The van der Waals surface area contributed by atoms with Gasteiger partial charge in [-0.15, -0.1) is 0 Å². The summed E-state index contributed by atoms with van der Waals surface area (Å²) in [6, 6.07) is 5.19. The quantitative estimate of drug-likeness (QED) is 0.909. The maximum atomic E-state index is 12.4. The highest BCUT2D eigenvalue weighted by atomic mass is 19.4. The Hall–Kier alpha value is -2.02. The van der Waals surface area contributed by atoms with Crippen molar-refractivity contribution in [2.45, 2.75) is 31.5 Å². The number of nitrogens with zero attached hydrogens (tertiary/aromatic N) is 1. The second-order valence-corrected chi connectivity index (χ2v) is 6.01. The number of likely N-dealkylation sites (tertiary alicyclic amines) is 1. The van der Waals surface area contributed by atoms with E-state index in [1.807, 2.05) is 11.5 Å². The number of alkyl halides is 3. The number of benzene rings is 1. The van der Waals surface area contributed by atoms with Crippen LogP contribution in [0.15, 0.2) is 24.4 Å². The van der Waals surface area contributed by atoms with Gasteiger partial charge in [0, 0.05) is 28.8 Å². The lowest BCUT2D eigenvalue weighted by atomic mass is 10.0. The minimum atomic E-state index is -4.89. The number of halogens is 3. The summed E-state index contributed by atoms with van der Waals surface area (Å²) < 4.78 is 37.1. The third-order valence-electron chi connectivity index (χ3n) is 4.41. The summed E-state index contributed by atoms with van der Waals surface area (Å²) in [5, 5.41) is 2.76. The zero-order valence-corrected chi connectivity index (χ0v) is 12.7. The number of hydrogen-bond acceptors (Lipinski definition) is 2. The third-order valence-corrected chi connectivity index (χ3v) is 4.41. The molecule has 3 rings (SSSR count). The minimum Gasteiger partial charge on any atom is -0.361 e. The predicted molar refractivity (Wildman–Crippen MR) is 82.3 cm³/mol. The summed E-state index contributed by atoms with van der Waals surface area (Å²) in [5.41, 5.74) is 2.06. The number of fused-ring (bicyclic) bond motifs is 1. The van der Waals surface area contributed by atoms with Gasteiger partial charge in [0.1, 0.15) is 0 Å². The Morgan fingerprint density at radius 2 is 2.22 bits per heavy atom. The Labute approximate surface area is 131 Å². The normalized spacial score (nSPS) is 19.4. The summed E-state index contributed by atoms with van der Waals surface area (Å²) in [5.74, 6) is -1.95. The number of carbonyl (C=O) groups excluding carboxylic acids is 1. The minimum absolute atomic E-state index is 0.153. The molecule has 1 aliphatic rings. The van der Waals surface area contributed by atoms with Gasteiger partial charge in [-0.25, -0.2) is 0 Å². The van der Waals surface area contributed by atoms with Crippen molar-refractivity contribution in [1.29, 1.82) is 0 Å². The van der Waals surface area contributed by atoms with Gasteiger partial charge in [-0.2, -0.15) is 13.2 Å². The van der Waals surface area contributed by atoms with E-state index in [0.29, 0.717) is 6.04 Å². The lowest BCUT2D eigenvalue weighted by molar-refractivity contribution is -0.167. The van der Waals surface area contributed by atoms with Gasteiger partial charge in [-0.05, 0) is 56.6 Å². The van der Waals surface area contributed by atoms with E-state index in [4.69, 9.17) is 0 Å². The number of likely N-dealkylation sites (N-methyl/N-ethyl adjacent to an activating group) is 1. The molecular formula is C16H18F3N3O. The fourth-order valence-electron chi connectivity index (χ4n) is 3.12. The third kappa shape index (κ3) is 3.34. The Bertz CT molecular complexity index is 723. The molecule has 1 aliphatic heterocycles. The second-order valence-electron chi connectivity index (χ2n) is 6.01. The van der Waals surface area contributed by atoms with Gasteiger partial charge >= 0.3 is 12.1 Å². The molecule has 2 heterocycles. The largest absolute Gasteiger partial charge is 0.471 e. The van der Waals surface area contributed by atoms with Crippen LogP contribution in [0.1, 0.15) is 18.4 Å². The molecule has 1 saturated heterocycles. The van der Waals surface area contributed by atoms with Crippen LogP contribution in [0.2, 0.25) is 0 Å². The van der Waals surface area contributed by atoms with Crippen molar-refractivity contribution >= 4 is 22.5 Å². The van der Waals surface area contributed by atoms with E-state index in [0.717, 1.165) is 42.3 Å². The topological polar surface area (TPSA) is 48.1 Å². The lowest BCUT2D eigenvalue weighted by Crippen LogP contribution is -2.29. The van der Waals surface area contributed by atoms with Gasteiger partial charge in [0.2, 0.25) is 0 Å². The van der Waals surface area contributed by atoms with Gasteiger partial charge in [-0.1, -0.05) is 0 Å². The maximum Gasteiger partial charge on any atom is 0.471 e. The lowest BCUT2D eigenvalue weighted by Gasteiger charge is -2.18. The number of aromatic nitrogens is 1. The standard InChI is InChI=1S/C16H18F3N3O/c1-22-6-2-3-12(22)7-10-9-20-14-5-4-11(8-13(10)14)21-15(23)16(17,18)19/h4-5,8-9,12,20H,2-3,6-7H2,1H3,(H,21,23)/t12-/m1/s1. The zero-order chi connectivity index (χ0) is 16.6. The number of aromatic amines is 1. The van der Waals surface area contributed by atoms with Crippen molar-refractivity contribution < 1.29 is 18.0 Å². The molecule has 23 heavy (non-hydrogen) atoms. The Balaban J connectivity index is 1.83. The molecule has 1 aromatic heterocycles. The molecule has 1 fully saturated rings. The number of H-pyrrole nitrogens is 1. The van der Waals surface area contributed by atoms with Crippen LogP contribution >= 0.6 is 0 Å². The van der Waals surface area contributed by atoms with Crippen LogP contribution in [-0.4, -0.2) is 41.6 Å². The summed E-state index contributed by atoms with van der Waals surface area (Å²) >= 11 is 0. The Kier molecular flexibility index (Phi) is 4.06. The number of anilines is 1. The molecular weight excluding hydrogens is 307 g/mol. The van der Waals surface area contributed by atoms with Gasteiger partial charge in [0.05, 0.1) is 0 Å². The number of nitrogens with one attached hydrogen (secondary N) is 2. The van der Waals surface area contributed by atoms with Gasteiger partial charge in [0.25, 0.3) is 0 Å². The molecule has 1 amide bonds. The second kappa shape index (κ2) is 5.88. The van der Waals surface area contributed by atoms with Crippen molar-refractivity contribution in [1.82, 2.24) is 9.88 Å². The Morgan fingerprint density at radius 3 is 2.87 bits per heavy atom. The molecule has 0 radical (unpaired) electrons. The first-order valence-electron chi connectivity index (χ1n) is 7.53. The maximum absolute atomic E-state index is 12.4. The molecule has 0 aliphatic carbocycles. The summed E-state index contributed by atoms with van der Waals surface area (Å²) in [6.07, 6.45) is 0.131. The first-order chi connectivity index (χ1) is 10.8. The molecule has 124 valence electrons. The zero-order valence-electron chi connectivity index (χ0n) is 12.7. The SMILES string of the molecule is CN1CCC[C@@H]1Cc1c[nH]c2ccc(NC(=O)C(F)(F)F)cc12. The number of amides is 1. The van der Waals surface area contributed by atoms with Crippen LogP contribution in [0.5, 0.6) is 0 Å². The number of rotatable bonds is 3. The summed E-state index contributed by atoms with van der Waals surface area (Å²) in [6.45, 7) is 1.07. The van der Waals surface area contributed by atoms with E-state index in [9.17, 15) is 18.0 Å². The van der Waals surface area contributed by atoms with E-state index in [2.05, 4.69) is 16.9 Å². The van der Waals surface area contributed by atoms with Crippen molar-refractivity contribution in [3.05, 3.63) is 30.0 Å². The van der Waals surface area contributed by atoms with Crippen molar-refractivity contribution in [2.24, 2.45) is 0 Å². The number of hydrogen-bond donors (Lipinski definition) is 2. The highest BCUT2D eigenvalue weighted by Crippen LogP contribution is 2.27. The van der Waals surface area contributed by atoms with E-state index >= 15 is 0 Å². The van der Waals surface area contributed by atoms with Crippen LogP contribution in [0.3, 0.4) is 0 Å². The molecule has 1 aromatic carbocycles. The van der Waals surface area contributed by atoms with Crippen molar-refractivity contribution in [3.63, 3.8) is 0 Å². The molecule has 7 heteroatoms. The molecule has 2 aromatic rings. The molecule has 0 unspecified atom stereocenters. The van der Waals surface area contributed by atoms with Gasteiger partial charge in [-0.3, -0.25) is 4.79 Å². The van der Waals surface area contributed by atoms with E-state index < -0.39 is 12.1 Å². The van der Waals surface area contributed by atoms with Crippen LogP contribution in [-0.2, 0) is 11.2 Å². The first kappa shape index (κ1) is 15.9. The van der Waals surface area contributed by atoms with Gasteiger partial charge in [0.15, 0.2) is 0 Å². The predicted octanol–water partition coefficient (Wildman–Crippen LogP) is 3.31. The van der Waals surface area contributed by atoms with Crippen LogP contribution < -0.4 is 5.32 Å². The van der Waals surface area contributed by atoms with E-state index in [1.54, 1.807) is 12.1 Å². The average Bonchev–Trinajstić information content (AvgIpc) is 3.06. The van der Waals surface area contributed by atoms with Crippen LogP contribution in [0.25, 0.3) is 10.9 Å². The molecule has 1 atom stereocenters. The van der Waals surface area contributed by atoms with Gasteiger partial charge < -0.3 is 15.2 Å². The summed E-state index contributed by atoms with van der Waals surface area (Å²) in [4.78, 5) is 16.5. The first-order valence-corrected chi connectivity index (χ1v) is 7.53. The van der Waals surface area contributed by atoms with E-state index in [-0.39, 0.29) is 5.69 Å². The number of carbonyl (C=O) groups is 1. The highest BCUT2D eigenvalue weighted by Gasteiger charge is 2.38. The highest BCUT2D eigenvalue weighted by molar-refractivity contribution is 5.97. The van der Waals surface area contributed by atoms with E-state index in [1.165, 1.54) is 6.07 Å². The fourth-order valence-corrected chi connectivity index (χ4v) is 3.12. The molecule has 0 spiro atoms. The molecule has 2 N–H and O–H groups in total. The molecule has 4 nitrogen and oxygen atoms in total. The monoisotopic (exact) mass is 325 g/mol. The summed E-state index contributed by atoms with van der Waals surface area (Å²) in [7, 11) is 2.08. The van der Waals surface area contributed by atoms with Crippen LogP contribution in [0, 0.1) is 0 Å².